The molecule has 0 saturated heterocycles. The van der Waals surface area contributed by atoms with E-state index in [1.807, 2.05) is 35.7 Å². The molecule has 0 aliphatic heterocycles. The molecule has 0 fully saturated rings. The lowest BCUT2D eigenvalue weighted by molar-refractivity contribution is -0.121. The number of benzene rings is 2. The van der Waals surface area contributed by atoms with Crippen LogP contribution in [-0.4, -0.2) is 10.9 Å². The van der Waals surface area contributed by atoms with E-state index in [1.165, 1.54) is 6.07 Å². The van der Waals surface area contributed by atoms with Crippen LogP contribution in [0.5, 0.6) is 0 Å². The van der Waals surface area contributed by atoms with E-state index in [1.54, 1.807) is 41.7 Å². The Kier molecular flexibility index (Phi) is 5.81. The van der Waals surface area contributed by atoms with Gasteiger partial charge in [0.25, 0.3) is 0 Å². The molecule has 0 atom stereocenters. The van der Waals surface area contributed by atoms with E-state index < -0.39 is 0 Å². The quantitative estimate of drug-likeness (QED) is 0.443. The van der Waals surface area contributed by atoms with Crippen molar-refractivity contribution < 1.29 is 13.6 Å². The largest absolute Gasteiger partial charge is 0.461 e. The zero-order valence-electron chi connectivity index (χ0n) is 15.6. The van der Waals surface area contributed by atoms with Gasteiger partial charge in [-0.1, -0.05) is 42.5 Å². The maximum atomic E-state index is 13.8. The highest BCUT2D eigenvalue weighted by Gasteiger charge is 2.11. The van der Waals surface area contributed by atoms with E-state index in [9.17, 15) is 9.18 Å². The molecule has 2 aromatic carbocycles. The van der Waals surface area contributed by atoms with Crippen molar-refractivity contribution >= 4 is 17.2 Å². The lowest BCUT2D eigenvalue weighted by Crippen LogP contribution is -2.23. The first-order chi connectivity index (χ1) is 14.2. The number of hydrogen-bond acceptors (Lipinski definition) is 4. The monoisotopic (exact) mass is 406 g/mol. The zero-order valence-corrected chi connectivity index (χ0v) is 16.4. The van der Waals surface area contributed by atoms with Crippen molar-refractivity contribution in [2.45, 2.75) is 19.4 Å². The predicted octanol–water partition coefficient (Wildman–Crippen LogP) is 5.46. The van der Waals surface area contributed by atoms with Crippen molar-refractivity contribution in [3.63, 3.8) is 0 Å². The normalized spacial score (nSPS) is 10.8. The lowest BCUT2D eigenvalue weighted by atomic mass is 10.1. The Morgan fingerprint density at radius 1 is 1.03 bits per heavy atom. The average Bonchev–Trinajstić information content (AvgIpc) is 3.41. The molecule has 2 heterocycles. The summed E-state index contributed by atoms with van der Waals surface area (Å²) in [5, 5.41) is 5.78. The maximum Gasteiger partial charge on any atom is 0.220 e. The fourth-order valence-corrected chi connectivity index (χ4v) is 3.76. The third-order valence-corrected chi connectivity index (χ3v) is 5.38. The molecule has 0 spiro atoms. The summed E-state index contributed by atoms with van der Waals surface area (Å²) in [7, 11) is 0. The molecular weight excluding hydrogens is 387 g/mol. The number of aryl methyl sites for hydroxylation is 1. The first-order valence-electron chi connectivity index (χ1n) is 9.29. The highest BCUT2D eigenvalue weighted by molar-refractivity contribution is 7.13. The van der Waals surface area contributed by atoms with Gasteiger partial charge in [0.2, 0.25) is 5.91 Å². The Balaban J connectivity index is 1.28. The van der Waals surface area contributed by atoms with Crippen molar-refractivity contribution in [2.75, 3.05) is 0 Å². The average molecular weight is 406 g/mol. The minimum Gasteiger partial charge on any atom is -0.461 e. The standard InChI is InChI=1S/C23H19FN2O2S/c24-20-9-5-4-8-19(20)21-12-10-18(28-21)11-13-22(27)25-14-17-15-29-23(26-17)16-6-2-1-3-7-16/h1-10,12,15H,11,13-14H2,(H,25,27). The highest BCUT2D eigenvalue weighted by Crippen LogP contribution is 2.25. The van der Waals surface area contributed by atoms with Crippen LogP contribution in [0.1, 0.15) is 17.9 Å². The second-order valence-electron chi connectivity index (χ2n) is 6.53. The molecule has 0 unspecified atom stereocenters. The van der Waals surface area contributed by atoms with Gasteiger partial charge in [-0.2, -0.15) is 0 Å². The number of carbonyl (C=O) groups is 1. The molecule has 6 heteroatoms. The number of amides is 1. The zero-order chi connectivity index (χ0) is 20.1. The second kappa shape index (κ2) is 8.84. The van der Waals surface area contributed by atoms with Gasteiger partial charge < -0.3 is 9.73 Å². The van der Waals surface area contributed by atoms with Crippen molar-refractivity contribution in [2.24, 2.45) is 0 Å². The summed E-state index contributed by atoms with van der Waals surface area (Å²) in [5.74, 6) is 0.709. The summed E-state index contributed by atoms with van der Waals surface area (Å²) in [6, 6.07) is 19.9. The van der Waals surface area contributed by atoms with Gasteiger partial charge in [-0.3, -0.25) is 4.79 Å². The number of carbonyl (C=O) groups excluding carboxylic acids is 1. The molecule has 0 aliphatic carbocycles. The second-order valence-corrected chi connectivity index (χ2v) is 7.39. The fourth-order valence-electron chi connectivity index (χ4n) is 2.93. The smallest absolute Gasteiger partial charge is 0.220 e. The Bertz CT molecular complexity index is 1100. The van der Waals surface area contributed by atoms with Crippen molar-refractivity contribution in [1.82, 2.24) is 10.3 Å². The summed E-state index contributed by atoms with van der Waals surface area (Å²) >= 11 is 1.56. The molecule has 1 N–H and O–H groups in total. The van der Waals surface area contributed by atoms with E-state index in [0.29, 0.717) is 36.5 Å². The van der Waals surface area contributed by atoms with Crippen molar-refractivity contribution in [1.29, 1.82) is 0 Å². The van der Waals surface area contributed by atoms with Crippen LogP contribution in [0.3, 0.4) is 0 Å². The summed E-state index contributed by atoms with van der Waals surface area (Å²) in [6.07, 6.45) is 0.743. The molecule has 29 heavy (non-hydrogen) atoms. The van der Waals surface area contributed by atoms with Crippen LogP contribution < -0.4 is 5.32 Å². The number of nitrogens with zero attached hydrogens (tertiary/aromatic N) is 1. The third-order valence-electron chi connectivity index (χ3n) is 4.44. The Labute approximate surface area is 172 Å². The molecule has 4 rings (SSSR count). The number of rotatable bonds is 7. The minimum absolute atomic E-state index is 0.0805. The van der Waals surface area contributed by atoms with E-state index in [0.717, 1.165) is 16.3 Å². The summed E-state index contributed by atoms with van der Waals surface area (Å²) < 4.78 is 19.5. The van der Waals surface area contributed by atoms with Gasteiger partial charge in [-0.25, -0.2) is 9.37 Å². The molecule has 146 valence electrons. The van der Waals surface area contributed by atoms with Crippen LogP contribution >= 0.6 is 11.3 Å². The number of halogens is 1. The summed E-state index contributed by atoms with van der Waals surface area (Å²) in [6.45, 7) is 0.390. The molecule has 0 saturated carbocycles. The molecule has 4 aromatic rings. The molecular formula is C23H19FN2O2S. The number of hydrogen-bond donors (Lipinski definition) is 1. The maximum absolute atomic E-state index is 13.8. The van der Waals surface area contributed by atoms with E-state index in [4.69, 9.17) is 4.42 Å². The van der Waals surface area contributed by atoms with E-state index in [2.05, 4.69) is 10.3 Å². The van der Waals surface area contributed by atoms with Crippen LogP contribution in [0.25, 0.3) is 21.9 Å². The molecule has 0 aliphatic rings. The van der Waals surface area contributed by atoms with E-state index >= 15 is 0 Å². The topological polar surface area (TPSA) is 55.1 Å². The van der Waals surface area contributed by atoms with Gasteiger partial charge in [0.05, 0.1) is 17.8 Å². The fraction of sp³-hybridized carbons (Fsp3) is 0.130. The lowest BCUT2D eigenvalue weighted by Gasteiger charge is -2.03. The minimum atomic E-state index is -0.329. The predicted molar refractivity (Wildman–Crippen MR) is 112 cm³/mol. The van der Waals surface area contributed by atoms with Gasteiger partial charge in [-0.05, 0) is 24.3 Å². The van der Waals surface area contributed by atoms with Gasteiger partial charge in [-0.15, -0.1) is 11.3 Å². The van der Waals surface area contributed by atoms with Gasteiger partial charge >= 0.3 is 0 Å². The SMILES string of the molecule is O=C(CCc1ccc(-c2ccccc2F)o1)NCc1csc(-c2ccccc2)n1. The van der Waals surface area contributed by atoms with E-state index in [-0.39, 0.29) is 11.7 Å². The molecule has 0 bridgehead atoms. The van der Waals surface area contributed by atoms with Gasteiger partial charge in [0.1, 0.15) is 22.3 Å². The molecule has 4 nitrogen and oxygen atoms in total. The van der Waals surface area contributed by atoms with Crippen LogP contribution in [0.2, 0.25) is 0 Å². The van der Waals surface area contributed by atoms with Crippen LogP contribution in [0.15, 0.2) is 76.5 Å². The van der Waals surface area contributed by atoms with Crippen LogP contribution in [0, 0.1) is 5.82 Å². The number of thiazole rings is 1. The summed E-state index contributed by atoms with van der Waals surface area (Å²) in [5.41, 5.74) is 2.32. The molecule has 2 aromatic heterocycles. The molecule has 0 radical (unpaired) electrons. The molecule has 1 amide bonds. The number of aromatic nitrogens is 1. The van der Waals surface area contributed by atoms with Crippen molar-refractivity contribution in [3.05, 3.63) is 89.4 Å². The van der Waals surface area contributed by atoms with Crippen LogP contribution in [0.4, 0.5) is 4.39 Å². The Hall–Kier alpha value is -3.25. The Morgan fingerprint density at radius 3 is 2.66 bits per heavy atom. The highest BCUT2D eigenvalue weighted by atomic mass is 32.1. The van der Waals surface area contributed by atoms with Gasteiger partial charge in [0, 0.05) is 23.8 Å². The number of furan rings is 1. The number of nitrogens with one attached hydrogen (secondary N) is 1. The first-order valence-corrected chi connectivity index (χ1v) is 10.2. The Morgan fingerprint density at radius 2 is 1.83 bits per heavy atom. The first kappa shape index (κ1) is 19.1. The third kappa shape index (κ3) is 4.78. The van der Waals surface area contributed by atoms with Gasteiger partial charge in [0.15, 0.2) is 0 Å². The summed E-state index contributed by atoms with van der Waals surface area (Å²) in [4.78, 5) is 16.7. The van der Waals surface area contributed by atoms with Crippen molar-refractivity contribution in [3.8, 4) is 21.9 Å². The van der Waals surface area contributed by atoms with Crippen LogP contribution in [-0.2, 0) is 17.8 Å².